The summed E-state index contributed by atoms with van der Waals surface area (Å²) in [6.07, 6.45) is 2.84. The second-order valence-electron chi connectivity index (χ2n) is 2.13. The predicted molar refractivity (Wildman–Crippen MR) is 60.9 cm³/mol. The van der Waals surface area contributed by atoms with Crippen LogP contribution in [0.4, 0.5) is 0 Å². The van der Waals surface area contributed by atoms with Gasteiger partial charge in [0.15, 0.2) is 0 Å². The van der Waals surface area contributed by atoms with Crippen LogP contribution in [0.5, 0.6) is 0 Å². The molecular formula is C6H4Br3NO2S. The standard InChI is InChI=1S/C6H4Br3NO2S/c7-6(8,9)13(11,12)5-1-3-10-4-2-5/h1-4H. The topological polar surface area (TPSA) is 47.0 Å². The van der Waals surface area contributed by atoms with Gasteiger partial charge in [-0.1, -0.05) is 0 Å². The zero-order valence-electron chi connectivity index (χ0n) is 6.12. The average Bonchev–Trinajstić information content (AvgIpc) is 2.04. The Balaban J connectivity index is 3.26. The van der Waals surface area contributed by atoms with Gasteiger partial charge in [0.1, 0.15) is 0 Å². The fourth-order valence-corrected chi connectivity index (χ4v) is 3.08. The molecule has 0 unspecified atom stereocenters. The summed E-state index contributed by atoms with van der Waals surface area (Å²) in [4.78, 5) is 3.92. The van der Waals surface area contributed by atoms with Gasteiger partial charge in [0, 0.05) is 12.4 Å². The molecule has 0 amide bonds. The Morgan fingerprint density at radius 1 is 1.15 bits per heavy atom. The molecular weight excluding hydrogens is 390 g/mol. The summed E-state index contributed by atoms with van der Waals surface area (Å²) in [5.41, 5.74) is 0. The van der Waals surface area contributed by atoms with E-state index >= 15 is 0 Å². The van der Waals surface area contributed by atoms with Crippen molar-refractivity contribution in [3.8, 4) is 0 Å². The molecule has 3 nitrogen and oxygen atoms in total. The van der Waals surface area contributed by atoms with E-state index < -0.39 is 11.3 Å². The van der Waals surface area contributed by atoms with Crippen molar-refractivity contribution in [2.75, 3.05) is 0 Å². The quantitative estimate of drug-likeness (QED) is 0.689. The molecule has 0 atom stereocenters. The lowest BCUT2D eigenvalue weighted by molar-refractivity contribution is 0.598. The number of alkyl halides is 3. The molecule has 0 aliphatic heterocycles. The van der Waals surface area contributed by atoms with E-state index in [1.165, 1.54) is 24.5 Å². The maximum absolute atomic E-state index is 11.7. The van der Waals surface area contributed by atoms with E-state index in [2.05, 4.69) is 52.8 Å². The highest BCUT2D eigenvalue weighted by Crippen LogP contribution is 2.42. The highest BCUT2D eigenvalue weighted by atomic mass is 80.0. The summed E-state index contributed by atoms with van der Waals surface area (Å²) in [6, 6.07) is 2.85. The van der Waals surface area contributed by atoms with Crippen LogP contribution >= 0.6 is 47.8 Å². The predicted octanol–water partition coefficient (Wildman–Crippen LogP) is 2.65. The molecule has 1 heterocycles. The molecule has 0 bridgehead atoms. The van der Waals surface area contributed by atoms with Gasteiger partial charge in [0.2, 0.25) is 11.3 Å². The summed E-state index contributed by atoms with van der Waals surface area (Å²) in [5, 5.41) is 0. The third kappa shape index (κ3) is 2.51. The Morgan fingerprint density at radius 3 is 2.00 bits per heavy atom. The number of sulfone groups is 1. The number of halogens is 3. The van der Waals surface area contributed by atoms with Gasteiger partial charge in [0.25, 0.3) is 0 Å². The summed E-state index contributed by atoms with van der Waals surface area (Å²) in [7, 11) is -3.47. The van der Waals surface area contributed by atoms with Crippen molar-refractivity contribution in [3.05, 3.63) is 24.5 Å². The lowest BCUT2D eigenvalue weighted by Gasteiger charge is -2.12. The third-order valence-electron chi connectivity index (χ3n) is 1.26. The molecule has 0 aromatic carbocycles. The van der Waals surface area contributed by atoms with Crippen molar-refractivity contribution in [3.63, 3.8) is 0 Å². The normalized spacial score (nSPS) is 12.8. The van der Waals surface area contributed by atoms with Crippen molar-refractivity contribution in [1.29, 1.82) is 0 Å². The first-order valence-corrected chi connectivity index (χ1v) is 6.93. The van der Waals surface area contributed by atoms with E-state index in [1.54, 1.807) is 0 Å². The molecule has 1 aromatic heterocycles. The number of aromatic nitrogens is 1. The van der Waals surface area contributed by atoms with Gasteiger partial charge >= 0.3 is 0 Å². The van der Waals surface area contributed by atoms with Crippen LogP contribution in [-0.4, -0.2) is 14.9 Å². The first-order chi connectivity index (χ1) is 5.86. The molecule has 0 aliphatic carbocycles. The summed E-state index contributed by atoms with van der Waals surface area (Å²) < 4.78 is 22.1. The zero-order valence-corrected chi connectivity index (χ0v) is 11.7. The van der Waals surface area contributed by atoms with Gasteiger partial charge in [0.05, 0.1) is 4.90 Å². The Morgan fingerprint density at radius 2 is 1.62 bits per heavy atom. The Hall–Kier alpha value is 0.540. The van der Waals surface area contributed by atoms with Crippen molar-refractivity contribution >= 4 is 57.6 Å². The molecule has 0 saturated carbocycles. The van der Waals surface area contributed by atoms with Crippen LogP contribution in [0.25, 0.3) is 0 Å². The van der Waals surface area contributed by atoms with Crippen LogP contribution in [0.15, 0.2) is 29.4 Å². The van der Waals surface area contributed by atoms with E-state index in [-0.39, 0.29) is 4.90 Å². The van der Waals surface area contributed by atoms with Gasteiger partial charge in [-0.2, -0.15) is 0 Å². The number of hydrogen-bond acceptors (Lipinski definition) is 3. The number of hydrogen-bond donors (Lipinski definition) is 0. The molecule has 1 aromatic rings. The first kappa shape index (κ1) is 11.6. The molecule has 72 valence electrons. The van der Waals surface area contributed by atoms with Crippen LogP contribution in [0.3, 0.4) is 0 Å². The maximum atomic E-state index is 11.7. The average molecular weight is 394 g/mol. The fraction of sp³-hybridized carbons (Fsp3) is 0.167. The van der Waals surface area contributed by atoms with Gasteiger partial charge in [-0.25, -0.2) is 8.42 Å². The minimum absolute atomic E-state index is 0.188. The van der Waals surface area contributed by atoms with E-state index in [4.69, 9.17) is 0 Å². The monoisotopic (exact) mass is 391 g/mol. The molecule has 1 rings (SSSR count). The van der Waals surface area contributed by atoms with Gasteiger partial charge in [-0.3, -0.25) is 4.98 Å². The Labute approximate surface area is 101 Å². The van der Waals surface area contributed by atoms with Gasteiger partial charge in [-0.05, 0) is 59.9 Å². The summed E-state index contributed by atoms with van der Waals surface area (Å²) in [5.74, 6) is 0. The zero-order chi connectivity index (χ0) is 10.1. The van der Waals surface area contributed by atoms with Crippen molar-refractivity contribution in [2.24, 2.45) is 0 Å². The van der Waals surface area contributed by atoms with Crippen LogP contribution in [-0.2, 0) is 9.84 Å². The van der Waals surface area contributed by atoms with E-state index in [1.807, 2.05) is 0 Å². The highest BCUT2D eigenvalue weighted by molar-refractivity contribution is 9.42. The fourth-order valence-electron chi connectivity index (χ4n) is 0.651. The molecule has 0 fully saturated rings. The Kier molecular flexibility index (Phi) is 3.54. The number of rotatable bonds is 1. The SMILES string of the molecule is O=S(=O)(c1ccncc1)C(Br)(Br)Br. The van der Waals surface area contributed by atoms with E-state index in [0.29, 0.717) is 0 Å². The highest BCUT2D eigenvalue weighted by Gasteiger charge is 2.37. The first-order valence-electron chi connectivity index (χ1n) is 3.07. The van der Waals surface area contributed by atoms with Crippen LogP contribution in [0.2, 0.25) is 0 Å². The molecule has 13 heavy (non-hydrogen) atoms. The molecule has 0 radical (unpaired) electrons. The molecule has 0 saturated heterocycles. The Bertz CT molecular complexity index is 384. The van der Waals surface area contributed by atoms with Crippen LogP contribution in [0, 0.1) is 0 Å². The van der Waals surface area contributed by atoms with Crippen LogP contribution < -0.4 is 0 Å². The second kappa shape index (κ2) is 3.96. The van der Waals surface area contributed by atoms with Gasteiger partial charge < -0.3 is 0 Å². The number of nitrogens with zero attached hydrogens (tertiary/aromatic N) is 1. The number of pyridine rings is 1. The van der Waals surface area contributed by atoms with Crippen molar-refractivity contribution < 1.29 is 8.42 Å². The third-order valence-corrected chi connectivity index (χ3v) is 6.60. The molecule has 7 heteroatoms. The molecule has 0 N–H and O–H groups in total. The smallest absolute Gasteiger partial charge is 0.239 e. The van der Waals surface area contributed by atoms with Crippen LogP contribution in [0.1, 0.15) is 0 Å². The van der Waals surface area contributed by atoms with Crippen molar-refractivity contribution in [1.82, 2.24) is 4.98 Å². The largest absolute Gasteiger partial charge is 0.265 e. The minimum Gasteiger partial charge on any atom is -0.265 e. The maximum Gasteiger partial charge on any atom is 0.239 e. The lowest BCUT2D eigenvalue weighted by Crippen LogP contribution is -2.17. The van der Waals surface area contributed by atoms with E-state index in [0.717, 1.165) is 0 Å². The van der Waals surface area contributed by atoms with Gasteiger partial charge in [-0.15, -0.1) is 0 Å². The molecule has 0 aliphatic rings. The summed E-state index contributed by atoms with van der Waals surface area (Å²) in [6.45, 7) is 0. The molecule has 0 spiro atoms. The second-order valence-corrected chi connectivity index (χ2v) is 12.6. The minimum atomic E-state index is -3.47. The van der Waals surface area contributed by atoms with Crippen molar-refractivity contribution in [2.45, 2.75) is 6.37 Å². The summed E-state index contributed by atoms with van der Waals surface area (Å²) >= 11 is 8.89. The lowest BCUT2D eigenvalue weighted by atomic mass is 10.5. The van der Waals surface area contributed by atoms with E-state index in [9.17, 15) is 8.42 Å².